The molecule has 0 saturated carbocycles. The van der Waals surface area contributed by atoms with E-state index in [0.29, 0.717) is 6.54 Å². The van der Waals surface area contributed by atoms with Crippen molar-refractivity contribution in [2.45, 2.75) is 26.7 Å². The summed E-state index contributed by atoms with van der Waals surface area (Å²) in [6.07, 6.45) is 1.73. The lowest BCUT2D eigenvalue weighted by Crippen LogP contribution is -2.08. The molecular weight excluding hydrogens is 222 g/mol. The van der Waals surface area contributed by atoms with Crippen LogP contribution in [0.3, 0.4) is 0 Å². The van der Waals surface area contributed by atoms with E-state index in [-0.39, 0.29) is 0 Å². The molecule has 3 heteroatoms. The molecule has 0 bridgehead atoms. The highest BCUT2D eigenvalue weighted by Gasteiger charge is 2.10. The topological polar surface area (TPSA) is 43.8 Å². The van der Waals surface area contributed by atoms with E-state index in [1.807, 2.05) is 0 Å². The van der Waals surface area contributed by atoms with Crippen molar-refractivity contribution < 1.29 is 0 Å². The molecule has 0 aliphatic carbocycles. The second kappa shape index (κ2) is 5.36. The van der Waals surface area contributed by atoms with Crippen LogP contribution in [0.2, 0.25) is 0 Å². The average molecular weight is 243 g/mol. The Balaban J connectivity index is 2.23. The van der Waals surface area contributed by atoms with Crippen LogP contribution < -0.4 is 5.73 Å². The minimum atomic E-state index is 0.647. The fourth-order valence-corrected chi connectivity index (χ4v) is 2.12. The molecule has 1 aromatic heterocycles. The molecule has 2 aromatic rings. The van der Waals surface area contributed by atoms with E-state index in [9.17, 15) is 0 Å². The molecule has 18 heavy (non-hydrogen) atoms. The number of benzene rings is 1. The maximum atomic E-state index is 5.60. The van der Waals surface area contributed by atoms with Gasteiger partial charge in [-0.2, -0.15) is 0 Å². The van der Waals surface area contributed by atoms with E-state index < -0.39 is 0 Å². The van der Waals surface area contributed by atoms with Crippen LogP contribution >= 0.6 is 0 Å². The van der Waals surface area contributed by atoms with E-state index in [0.717, 1.165) is 24.4 Å². The summed E-state index contributed by atoms with van der Waals surface area (Å²) < 4.78 is 2.15. The first kappa shape index (κ1) is 12.8. The van der Waals surface area contributed by atoms with Crippen LogP contribution in [0.15, 0.2) is 24.3 Å². The Morgan fingerprint density at radius 1 is 1.17 bits per heavy atom. The van der Waals surface area contributed by atoms with Crippen molar-refractivity contribution in [3.05, 3.63) is 52.6 Å². The molecule has 0 amide bonds. The van der Waals surface area contributed by atoms with Gasteiger partial charge >= 0.3 is 0 Å². The molecule has 3 nitrogen and oxygen atoms in total. The zero-order valence-electron chi connectivity index (χ0n) is 11.4. The number of aryl methyl sites for hydroxylation is 1. The summed E-state index contributed by atoms with van der Waals surface area (Å²) in [5, 5.41) is 0. The number of imidazole rings is 1. The summed E-state index contributed by atoms with van der Waals surface area (Å²) in [5.41, 5.74) is 10.6. The van der Waals surface area contributed by atoms with Crippen molar-refractivity contribution in [1.29, 1.82) is 0 Å². The van der Waals surface area contributed by atoms with E-state index in [1.54, 1.807) is 0 Å². The minimum absolute atomic E-state index is 0.647. The standard InChI is InChI=1S/C15H21N3/c1-11-4-6-13(7-5-11)10-14-12(2)18(3)15(17-14)8-9-16/h4-7H,8-10,16H2,1-3H3. The van der Waals surface area contributed by atoms with Gasteiger partial charge in [0.05, 0.1) is 5.69 Å². The number of nitrogens with two attached hydrogens (primary N) is 1. The number of hydrogen-bond donors (Lipinski definition) is 1. The summed E-state index contributed by atoms with van der Waals surface area (Å²) in [4.78, 5) is 4.70. The highest BCUT2D eigenvalue weighted by molar-refractivity contribution is 5.28. The molecule has 2 N–H and O–H groups in total. The lowest BCUT2D eigenvalue weighted by molar-refractivity contribution is 0.761. The normalized spacial score (nSPS) is 10.9. The predicted octanol–water partition coefficient (Wildman–Crippen LogP) is 2.13. The van der Waals surface area contributed by atoms with Crippen molar-refractivity contribution in [1.82, 2.24) is 9.55 Å². The van der Waals surface area contributed by atoms with Gasteiger partial charge in [0.15, 0.2) is 0 Å². The van der Waals surface area contributed by atoms with Crippen molar-refractivity contribution >= 4 is 0 Å². The fourth-order valence-electron chi connectivity index (χ4n) is 2.12. The third-order valence-corrected chi connectivity index (χ3v) is 3.43. The van der Waals surface area contributed by atoms with Crippen LogP contribution in [0, 0.1) is 13.8 Å². The van der Waals surface area contributed by atoms with Crippen molar-refractivity contribution in [3.63, 3.8) is 0 Å². The summed E-state index contributed by atoms with van der Waals surface area (Å²) in [6, 6.07) is 8.64. The third kappa shape index (κ3) is 2.62. The van der Waals surface area contributed by atoms with Gasteiger partial charge in [0.1, 0.15) is 5.82 Å². The largest absolute Gasteiger partial charge is 0.335 e. The lowest BCUT2D eigenvalue weighted by Gasteiger charge is -2.02. The maximum absolute atomic E-state index is 5.60. The van der Waals surface area contributed by atoms with Crippen LogP contribution in [0.1, 0.15) is 28.3 Å². The van der Waals surface area contributed by atoms with Crippen LogP contribution in [0.5, 0.6) is 0 Å². The Hall–Kier alpha value is -1.61. The van der Waals surface area contributed by atoms with Crippen molar-refractivity contribution in [2.75, 3.05) is 6.54 Å². The third-order valence-electron chi connectivity index (χ3n) is 3.43. The fraction of sp³-hybridized carbons (Fsp3) is 0.400. The first-order valence-electron chi connectivity index (χ1n) is 6.38. The number of hydrogen-bond acceptors (Lipinski definition) is 2. The number of aromatic nitrogens is 2. The molecule has 1 aromatic carbocycles. The molecule has 0 fully saturated rings. The molecule has 0 saturated heterocycles. The lowest BCUT2D eigenvalue weighted by atomic mass is 10.1. The molecular formula is C15H21N3. The zero-order valence-corrected chi connectivity index (χ0v) is 11.4. The molecule has 0 unspecified atom stereocenters. The second-order valence-electron chi connectivity index (χ2n) is 4.82. The molecule has 0 spiro atoms. The first-order chi connectivity index (χ1) is 8.61. The Bertz CT molecular complexity index is 523. The monoisotopic (exact) mass is 243 g/mol. The summed E-state index contributed by atoms with van der Waals surface area (Å²) in [7, 11) is 2.06. The summed E-state index contributed by atoms with van der Waals surface area (Å²) >= 11 is 0. The average Bonchev–Trinajstić information content (AvgIpc) is 2.61. The Labute approximate surface area is 109 Å². The minimum Gasteiger partial charge on any atom is -0.335 e. The predicted molar refractivity (Wildman–Crippen MR) is 74.7 cm³/mol. The SMILES string of the molecule is Cc1ccc(Cc2nc(CCN)n(C)c2C)cc1. The van der Waals surface area contributed by atoms with Crippen LogP contribution in [0.25, 0.3) is 0 Å². The van der Waals surface area contributed by atoms with Gasteiger partial charge in [-0.15, -0.1) is 0 Å². The van der Waals surface area contributed by atoms with E-state index in [4.69, 9.17) is 10.7 Å². The van der Waals surface area contributed by atoms with E-state index in [1.165, 1.54) is 16.8 Å². The van der Waals surface area contributed by atoms with Gasteiger partial charge in [0.25, 0.3) is 0 Å². The van der Waals surface area contributed by atoms with Gasteiger partial charge in [0, 0.05) is 25.6 Å². The summed E-state index contributed by atoms with van der Waals surface area (Å²) in [5.74, 6) is 1.08. The molecule has 0 atom stereocenters. The van der Waals surface area contributed by atoms with Crippen molar-refractivity contribution in [2.24, 2.45) is 12.8 Å². The van der Waals surface area contributed by atoms with Gasteiger partial charge in [0.2, 0.25) is 0 Å². The Morgan fingerprint density at radius 3 is 2.44 bits per heavy atom. The maximum Gasteiger partial charge on any atom is 0.110 e. The second-order valence-corrected chi connectivity index (χ2v) is 4.82. The van der Waals surface area contributed by atoms with E-state index >= 15 is 0 Å². The van der Waals surface area contributed by atoms with Gasteiger partial charge < -0.3 is 10.3 Å². The quantitative estimate of drug-likeness (QED) is 0.894. The molecule has 0 radical (unpaired) electrons. The highest BCUT2D eigenvalue weighted by atomic mass is 15.1. The Kier molecular flexibility index (Phi) is 3.82. The smallest absolute Gasteiger partial charge is 0.110 e. The zero-order chi connectivity index (χ0) is 13.1. The van der Waals surface area contributed by atoms with Crippen LogP contribution in [-0.4, -0.2) is 16.1 Å². The highest BCUT2D eigenvalue weighted by Crippen LogP contribution is 2.15. The van der Waals surface area contributed by atoms with Crippen LogP contribution in [-0.2, 0) is 19.9 Å². The molecule has 0 aliphatic heterocycles. The van der Waals surface area contributed by atoms with Crippen LogP contribution in [0.4, 0.5) is 0 Å². The number of nitrogens with zero attached hydrogens (tertiary/aromatic N) is 2. The number of rotatable bonds is 4. The van der Waals surface area contributed by atoms with Gasteiger partial charge in [-0.25, -0.2) is 4.98 Å². The first-order valence-corrected chi connectivity index (χ1v) is 6.38. The van der Waals surface area contributed by atoms with Gasteiger partial charge in [-0.3, -0.25) is 0 Å². The molecule has 1 heterocycles. The molecule has 0 aliphatic rings. The van der Waals surface area contributed by atoms with Gasteiger partial charge in [-0.1, -0.05) is 29.8 Å². The molecule has 2 rings (SSSR count). The molecule has 96 valence electrons. The Morgan fingerprint density at radius 2 is 1.83 bits per heavy atom. The van der Waals surface area contributed by atoms with Gasteiger partial charge in [-0.05, 0) is 26.0 Å². The van der Waals surface area contributed by atoms with E-state index in [2.05, 4.69) is 49.7 Å². The van der Waals surface area contributed by atoms with Crippen molar-refractivity contribution in [3.8, 4) is 0 Å². The summed E-state index contributed by atoms with van der Waals surface area (Å²) in [6.45, 7) is 4.87.